The quantitative estimate of drug-likeness (QED) is 0.775. The van der Waals surface area contributed by atoms with Crippen LogP contribution in [-0.4, -0.2) is 41.7 Å². The van der Waals surface area contributed by atoms with Crippen LogP contribution < -0.4 is 5.32 Å². The van der Waals surface area contributed by atoms with E-state index in [1.54, 1.807) is 0 Å². The van der Waals surface area contributed by atoms with Crippen molar-refractivity contribution in [1.29, 1.82) is 0 Å². The van der Waals surface area contributed by atoms with Gasteiger partial charge in [0.05, 0.1) is 12.1 Å². The van der Waals surface area contributed by atoms with Gasteiger partial charge in [0.1, 0.15) is 0 Å². The third-order valence-electron chi connectivity index (χ3n) is 4.93. The van der Waals surface area contributed by atoms with Crippen LogP contribution in [0.5, 0.6) is 0 Å². The van der Waals surface area contributed by atoms with Gasteiger partial charge in [-0.05, 0) is 56.7 Å². The highest BCUT2D eigenvalue weighted by Crippen LogP contribution is 2.33. The number of benzene rings is 1. The van der Waals surface area contributed by atoms with Crippen LogP contribution in [-0.2, 0) is 17.6 Å². The van der Waals surface area contributed by atoms with E-state index in [2.05, 4.69) is 37.4 Å². The summed E-state index contributed by atoms with van der Waals surface area (Å²) in [6, 6.07) is 5.92. The van der Waals surface area contributed by atoms with Crippen LogP contribution in [0.1, 0.15) is 44.7 Å². The van der Waals surface area contributed by atoms with Gasteiger partial charge in [-0.3, -0.25) is 9.69 Å². The first-order valence-corrected chi connectivity index (χ1v) is 8.77. The van der Waals surface area contributed by atoms with Gasteiger partial charge in [0.25, 0.3) is 0 Å². The van der Waals surface area contributed by atoms with Gasteiger partial charge in [0.2, 0.25) is 5.91 Å². The maximum Gasteiger partial charge on any atom is 0.241 e. The number of nitrogens with one attached hydrogen (secondary N) is 1. The van der Waals surface area contributed by atoms with Gasteiger partial charge in [-0.15, -0.1) is 0 Å². The minimum Gasteiger partial charge on any atom is -0.392 e. The van der Waals surface area contributed by atoms with E-state index in [1.165, 1.54) is 11.1 Å². The van der Waals surface area contributed by atoms with Crippen molar-refractivity contribution in [3.05, 3.63) is 29.3 Å². The molecule has 1 aliphatic carbocycles. The van der Waals surface area contributed by atoms with Crippen LogP contribution >= 0.6 is 0 Å². The lowest BCUT2D eigenvalue weighted by Crippen LogP contribution is -2.43. The van der Waals surface area contributed by atoms with Crippen molar-refractivity contribution in [3.63, 3.8) is 0 Å². The molecule has 0 aliphatic heterocycles. The molecule has 2 unspecified atom stereocenters. The third-order valence-corrected chi connectivity index (χ3v) is 4.93. The van der Waals surface area contributed by atoms with Gasteiger partial charge in [-0.25, -0.2) is 0 Å². The van der Waals surface area contributed by atoms with Crippen molar-refractivity contribution in [1.82, 2.24) is 4.90 Å². The zero-order valence-corrected chi connectivity index (χ0v) is 14.8. The Morgan fingerprint density at radius 1 is 1.30 bits per heavy atom. The van der Waals surface area contributed by atoms with Gasteiger partial charge in [-0.1, -0.05) is 32.0 Å². The fourth-order valence-electron chi connectivity index (χ4n) is 2.91. The Kier molecular flexibility index (Phi) is 6.19. The summed E-state index contributed by atoms with van der Waals surface area (Å²) in [5.74, 6) is 0.423. The summed E-state index contributed by atoms with van der Waals surface area (Å²) in [5.41, 5.74) is 3.31. The highest BCUT2D eigenvalue weighted by molar-refractivity contribution is 5.96. The van der Waals surface area contributed by atoms with Gasteiger partial charge in [0.15, 0.2) is 0 Å². The number of carbonyl (C=O) groups excluding carboxylic acids is 1. The summed E-state index contributed by atoms with van der Waals surface area (Å²) in [6.07, 6.45) is 3.70. The molecule has 0 bridgehead atoms. The van der Waals surface area contributed by atoms with Crippen molar-refractivity contribution in [2.45, 2.75) is 58.6 Å². The van der Waals surface area contributed by atoms with Crippen molar-refractivity contribution in [3.8, 4) is 0 Å². The number of hydrogen-bond acceptors (Lipinski definition) is 3. The van der Waals surface area contributed by atoms with Gasteiger partial charge >= 0.3 is 0 Å². The second-order valence-corrected chi connectivity index (χ2v) is 6.67. The second kappa shape index (κ2) is 7.93. The molecular formula is C19H30N2O2. The van der Waals surface area contributed by atoms with E-state index in [9.17, 15) is 9.90 Å². The predicted molar refractivity (Wildman–Crippen MR) is 94.7 cm³/mol. The largest absolute Gasteiger partial charge is 0.392 e. The first-order chi connectivity index (χ1) is 11.0. The number of likely N-dealkylation sites (N-methyl/N-ethyl adjacent to an activating group) is 1. The molecule has 4 nitrogen and oxygen atoms in total. The minimum atomic E-state index is -0.315. The number of anilines is 1. The lowest BCUT2D eigenvalue weighted by molar-refractivity contribution is -0.120. The standard InChI is InChI=1S/C19H30N2O2/c1-5-14-8-7-9-15(6-2)18(14)20-19(23)13(3)21(4)12-17(22)16-10-11-16/h7-9,13,16-17,22H,5-6,10-12H2,1-4H3,(H,20,23). The molecule has 1 aromatic rings. The zero-order chi connectivity index (χ0) is 17.0. The summed E-state index contributed by atoms with van der Waals surface area (Å²) in [7, 11) is 1.91. The van der Waals surface area contributed by atoms with Crippen LogP contribution in [0.4, 0.5) is 5.69 Å². The molecule has 1 aliphatic rings. The van der Waals surface area contributed by atoms with Crippen LogP contribution in [0.3, 0.4) is 0 Å². The maximum absolute atomic E-state index is 12.6. The monoisotopic (exact) mass is 318 g/mol. The van der Waals surface area contributed by atoms with Crippen molar-refractivity contribution in [2.75, 3.05) is 18.9 Å². The molecule has 1 saturated carbocycles. The molecule has 2 rings (SSSR count). The minimum absolute atomic E-state index is 0.00824. The summed E-state index contributed by atoms with van der Waals surface area (Å²) in [6.45, 7) is 6.66. The van der Waals surface area contributed by atoms with E-state index in [4.69, 9.17) is 0 Å². The molecule has 4 heteroatoms. The number of nitrogens with zero attached hydrogens (tertiary/aromatic N) is 1. The SMILES string of the molecule is CCc1cccc(CC)c1NC(=O)C(C)N(C)CC(O)C1CC1. The third kappa shape index (κ3) is 4.55. The van der Waals surface area contributed by atoms with Crippen LogP contribution in [0.2, 0.25) is 0 Å². The molecule has 0 radical (unpaired) electrons. The van der Waals surface area contributed by atoms with Gasteiger partial charge in [0, 0.05) is 12.2 Å². The molecule has 1 fully saturated rings. The number of amides is 1. The molecular weight excluding hydrogens is 288 g/mol. The second-order valence-electron chi connectivity index (χ2n) is 6.67. The molecule has 2 atom stereocenters. The van der Waals surface area contributed by atoms with Crippen molar-refractivity contribution >= 4 is 11.6 Å². The maximum atomic E-state index is 12.6. The normalized spacial score (nSPS) is 17.1. The molecule has 1 amide bonds. The number of rotatable bonds is 8. The Morgan fingerprint density at radius 2 is 1.87 bits per heavy atom. The van der Waals surface area contributed by atoms with E-state index >= 15 is 0 Å². The Bertz CT molecular complexity index is 518. The highest BCUT2D eigenvalue weighted by atomic mass is 16.3. The zero-order valence-electron chi connectivity index (χ0n) is 14.8. The molecule has 0 spiro atoms. The topological polar surface area (TPSA) is 52.6 Å². The molecule has 1 aromatic carbocycles. The lowest BCUT2D eigenvalue weighted by atomic mass is 10.0. The summed E-state index contributed by atoms with van der Waals surface area (Å²) >= 11 is 0. The van der Waals surface area contributed by atoms with Gasteiger partial charge in [-0.2, -0.15) is 0 Å². The van der Waals surface area contributed by atoms with Crippen molar-refractivity contribution in [2.24, 2.45) is 5.92 Å². The number of aliphatic hydroxyl groups is 1. The van der Waals surface area contributed by atoms with Crippen LogP contribution in [0.15, 0.2) is 18.2 Å². The number of para-hydroxylation sites is 1. The first kappa shape index (κ1) is 18.0. The van der Waals surface area contributed by atoms with E-state index in [0.717, 1.165) is 31.4 Å². The van der Waals surface area contributed by atoms with E-state index in [-0.39, 0.29) is 18.1 Å². The molecule has 0 heterocycles. The molecule has 128 valence electrons. The van der Waals surface area contributed by atoms with E-state index in [0.29, 0.717) is 12.5 Å². The summed E-state index contributed by atoms with van der Waals surface area (Å²) in [5, 5.41) is 13.2. The number of hydrogen-bond donors (Lipinski definition) is 2. The number of aliphatic hydroxyl groups excluding tert-OH is 1. The predicted octanol–water partition coefficient (Wildman–Crippen LogP) is 2.84. The number of carbonyl (C=O) groups is 1. The Labute approximate surface area is 139 Å². The van der Waals surface area contributed by atoms with Crippen LogP contribution in [0, 0.1) is 5.92 Å². The Balaban J connectivity index is 2.02. The fraction of sp³-hybridized carbons (Fsp3) is 0.632. The molecule has 23 heavy (non-hydrogen) atoms. The van der Waals surface area contributed by atoms with E-state index in [1.807, 2.05) is 18.9 Å². The number of aryl methyl sites for hydroxylation is 2. The smallest absolute Gasteiger partial charge is 0.241 e. The lowest BCUT2D eigenvalue weighted by Gasteiger charge is -2.27. The fourth-order valence-corrected chi connectivity index (χ4v) is 2.91. The van der Waals surface area contributed by atoms with Gasteiger partial charge < -0.3 is 10.4 Å². The van der Waals surface area contributed by atoms with Crippen molar-refractivity contribution < 1.29 is 9.90 Å². The van der Waals surface area contributed by atoms with Crippen LogP contribution in [0.25, 0.3) is 0 Å². The van der Waals surface area contributed by atoms with E-state index < -0.39 is 0 Å². The molecule has 0 saturated heterocycles. The first-order valence-electron chi connectivity index (χ1n) is 8.77. The molecule has 0 aromatic heterocycles. The summed E-state index contributed by atoms with van der Waals surface area (Å²) < 4.78 is 0. The average Bonchev–Trinajstić information content (AvgIpc) is 3.38. The highest BCUT2D eigenvalue weighted by Gasteiger charge is 2.32. The Hall–Kier alpha value is -1.39. The summed E-state index contributed by atoms with van der Waals surface area (Å²) in [4.78, 5) is 14.6. The molecule has 2 N–H and O–H groups in total. The average molecular weight is 318 g/mol. The Morgan fingerprint density at radius 3 is 2.35 bits per heavy atom.